The number of phenolic OH excluding ortho intramolecular Hbond substituents is 2. The van der Waals surface area contributed by atoms with E-state index in [9.17, 15) is 10.2 Å². The highest BCUT2D eigenvalue weighted by molar-refractivity contribution is 6.03. The molecule has 166 valence electrons. The van der Waals surface area contributed by atoms with Crippen LogP contribution in [0.3, 0.4) is 0 Å². The lowest BCUT2D eigenvalue weighted by molar-refractivity contribution is 0.474. The van der Waals surface area contributed by atoms with Crippen molar-refractivity contribution in [2.24, 2.45) is 9.98 Å². The number of hydrogen-bond acceptors (Lipinski definition) is 6. The van der Waals surface area contributed by atoms with Crippen molar-refractivity contribution >= 4 is 34.2 Å². The largest absolute Gasteiger partial charge is 0.507 e. The second kappa shape index (κ2) is 9.50. The summed E-state index contributed by atoms with van der Waals surface area (Å²) in [7, 11) is 0. The van der Waals surface area contributed by atoms with E-state index in [2.05, 4.69) is 26.0 Å². The summed E-state index contributed by atoms with van der Waals surface area (Å²) < 4.78 is 0. The summed E-state index contributed by atoms with van der Waals surface area (Å²) in [5, 5.41) is 22.1. The van der Waals surface area contributed by atoms with Crippen molar-refractivity contribution in [2.75, 3.05) is 13.1 Å². The molecule has 3 aromatic carbocycles. The Balaban J connectivity index is 1.32. The number of hydrogen-bond donors (Lipinski definition) is 2. The zero-order chi connectivity index (χ0) is 23.3. The van der Waals surface area contributed by atoms with Gasteiger partial charge in [0.1, 0.15) is 11.5 Å². The standard InChI is InChI=1S/C28H22N4O2/c33-25-6-2-1-4-22(25)16-29-12-13-30-17-24-14-20(9-10-26(24)34)23-15-21-8-7-19-5-3-11-31-27(19)28(21)32-18-23/h1-11,14-18,33-34H,12-13H2. The minimum Gasteiger partial charge on any atom is -0.507 e. The Morgan fingerprint density at radius 3 is 2.24 bits per heavy atom. The molecule has 0 aliphatic carbocycles. The van der Waals surface area contributed by atoms with E-state index in [0.29, 0.717) is 24.2 Å². The zero-order valence-corrected chi connectivity index (χ0v) is 18.3. The molecule has 6 heteroatoms. The molecule has 0 radical (unpaired) electrons. The van der Waals surface area contributed by atoms with Crippen molar-refractivity contribution in [3.8, 4) is 22.6 Å². The lowest BCUT2D eigenvalue weighted by Crippen LogP contribution is -1.92. The predicted octanol–water partition coefficient (Wildman–Crippen LogP) is 5.40. The maximum Gasteiger partial charge on any atom is 0.124 e. The van der Waals surface area contributed by atoms with Gasteiger partial charge >= 0.3 is 0 Å². The van der Waals surface area contributed by atoms with Crippen LogP contribution in [0.1, 0.15) is 11.1 Å². The van der Waals surface area contributed by atoms with Crippen molar-refractivity contribution in [1.82, 2.24) is 9.97 Å². The minimum absolute atomic E-state index is 0.161. The van der Waals surface area contributed by atoms with Gasteiger partial charge in [-0.3, -0.25) is 20.0 Å². The van der Waals surface area contributed by atoms with Gasteiger partial charge in [-0.15, -0.1) is 0 Å². The van der Waals surface area contributed by atoms with Gasteiger partial charge in [0.15, 0.2) is 0 Å². The predicted molar refractivity (Wildman–Crippen MR) is 137 cm³/mol. The Hall–Kier alpha value is -4.58. The molecule has 0 spiro atoms. The normalized spacial score (nSPS) is 11.8. The number of nitrogens with zero attached hydrogens (tertiary/aromatic N) is 4. The van der Waals surface area contributed by atoms with Crippen molar-refractivity contribution in [1.29, 1.82) is 0 Å². The first-order chi connectivity index (χ1) is 16.7. The van der Waals surface area contributed by atoms with Gasteiger partial charge in [-0.05, 0) is 42.0 Å². The fourth-order valence-corrected chi connectivity index (χ4v) is 3.77. The van der Waals surface area contributed by atoms with Crippen LogP contribution in [0, 0.1) is 0 Å². The number of para-hydroxylation sites is 1. The van der Waals surface area contributed by atoms with Gasteiger partial charge in [0.2, 0.25) is 0 Å². The first kappa shape index (κ1) is 21.3. The summed E-state index contributed by atoms with van der Waals surface area (Å²) in [6.45, 7) is 0.938. The average Bonchev–Trinajstić information content (AvgIpc) is 2.87. The van der Waals surface area contributed by atoms with Crippen LogP contribution in [0.2, 0.25) is 0 Å². The molecular weight excluding hydrogens is 424 g/mol. The van der Waals surface area contributed by atoms with Crippen LogP contribution in [0.5, 0.6) is 11.5 Å². The van der Waals surface area contributed by atoms with Crippen LogP contribution >= 0.6 is 0 Å². The lowest BCUT2D eigenvalue weighted by atomic mass is 10.0. The quantitative estimate of drug-likeness (QED) is 0.208. The second-order valence-electron chi connectivity index (χ2n) is 7.84. The molecule has 0 aliphatic rings. The van der Waals surface area contributed by atoms with E-state index in [-0.39, 0.29) is 11.5 Å². The fraction of sp³-hybridized carbons (Fsp3) is 0.0714. The van der Waals surface area contributed by atoms with Crippen molar-refractivity contribution in [2.45, 2.75) is 0 Å². The number of phenols is 2. The molecule has 0 saturated carbocycles. The number of rotatable bonds is 6. The fourth-order valence-electron chi connectivity index (χ4n) is 3.77. The maximum absolute atomic E-state index is 10.3. The van der Waals surface area contributed by atoms with Gasteiger partial charge < -0.3 is 10.2 Å². The van der Waals surface area contributed by atoms with E-state index in [1.165, 1.54) is 0 Å². The van der Waals surface area contributed by atoms with E-state index in [1.54, 1.807) is 42.9 Å². The molecule has 2 aromatic heterocycles. The van der Waals surface area contributed by atoms with Crippen LogP contribution in [0.4, 0.5) is 0 Å². The average molecular weight is 447 g/mol. The SMILES string of the molecule is Oc1ccccc1C=NCCN=Cc1cc(-c2cnc3c(ccc4cccnc43)c2)ccc1O. The number of fused-ring (bicyclic) bond motifs is 3. The molecule has 0 fully saturated rings. The molecule has 5 aromatic rings. The van der Waals surface area contributed by atoms with Crippen LogP contribution in [0.25, 0.3) is 32.9 Å². The van der Waals surface area contributed by atoms with Crippen molar-refractivity contribution in [3.63, 3.8) is 0 Å². The van der Waals surface area contributed by atoms with Crippen LogP contribution in [0.15, 0.2) is 95.2 Å². The smallest absolute Gasteiger partial charge is 0.124 e. The molecule has 2 heterocycles. The molecule has 0 aliphatic heterocycles. The van der Waals surface area contributed by atoms with Crippen molar-refractivity contribution < 1.29 is 10.2 Å². The summed E-state index contributed by atoms with van der Waals surface area (Å²) in [5.41, 5.74) is 4.94. The number of aromatic nitrogens is 2. The van der Waals surface area contributed by atoms with E-state index in [4.69, 9.17) is 0 Å². The van der Waals surface area contributed by atoms with Gasteiger partial charge in [-0.1, -0.05) is 36.4 Å². The summed E-state index contributed by atoms with van der Waals surface area (Å²) >= 11 is 0. The van der Waals surface area contributed by atoms with Crippen molar-refractivity contribution in [3.05, 3.63) is 96.3 Å². The first-order valence-corrected chi connectivity index (χ1v) is 10.9. The highest BCUT2D eigenvalue weighted by Crippen LogP contribution is 2.29. The Kier molecular flexibility index (Phi) is 5.95. The summed E-state index contributed by atoms with van der Waals surface area (Å²) in [4.78, 5) is 17.8. The number of pyridine rings is 2. The Bertz CT molecular complexity index is 1540. The summed E-state index contributed by atoms with van der Waals surface area (Å²) in [5.74, 6) is 0.360. The van der Waals surface area contributed by atoms with Gasteiger partial charge in [-0.2, -0.15) is 0 Å². The van der Waals surface area contributed by atoms with Gasteiger partial charge in [0.25, 0.3) is 0 Å². The summed E-state index contributed by atoms with van der Waals surface area (Å²) in [6, 6.07) is 22.6. The van der Waals surface area contributed by atoms with E-state index < -0.39 is 0 Å². The molecule has 6 nitrogen and oxygen atoms in total. The van der Waals surface area contributed by atoms with E-state index >= 15 is 0 Å². The molecule has 0 amide bonds. The van der Waals surface area contributed by atoms with Crippen LogP contribution in [-0.2, 0) is 0 Å². The molecule has 5 rings (SSSR count). The molecular formula is C28H22N4O2. The number of benzene rings is 3. The maximum atomic E-state index is 10.3. The minimum atomic E-state index is 0.161. The topological polar surface area (TPSA) is 91.0 Å². The molecule has 34 heavy (non-hydrogen) atoms. The molecule has 2 N–H and O–H groups in total. The Labute approximate surface area is 196 Å². The summed E-state index contributed by atoms with van der Waals surface area (Å²) in [6.07, 6.45) is 6.89. The third kappa shape index (κ3) is 4.47. The first-order valence-electron chi connectivity index (χ1n) is 10.9. The number of aliphatic imine (C=N–C) groups is 2. The molecule has 0 saturated heterocycles. The van der Waals surface area contributed by atoms with Crippen LogP contribution in [-0.4, -0.2) is 45.7 Å². The van der Waals surface area contributed by atoms with E-state index in [1.807, 2.05) is 48.7 Å². The zero-order valence-electron chi connectivity index (χ0n) is 18.3. The third-order valence-corrected chi connectivity index (χ3v) is 5.54. The van der Waals surface area contributed by atoms with Gasteiger partial charge in [0.05, 0.1) is 24.1 Å². The Morgan fingerprint density at radius 2 is 1.38 bits per heavy atom. The van der Waals surface area contributed by atoms with Crippen LogP contribution < -0.4 is 0 Å². The van der Waals surface area contributed by atoms with E-state index in [0.717, 1.165) is 32.9 Å². The molecule has 0 bridgehead atoms. The van der Waals surface area contributed by atoms with Gasteiger partial charge in [0, 0.05) is 52.3 Å². The number of aromatic hydroxyl groups is 2. The lowest BCUT2D eigenvalue weighted by Gasteiger charge is -2.07. The monoisotopic (exact) mass is 446 g/mol. The second-order valence-corrected chi connectivity index (χ2v) is 7.84. The van der Waals surface area contributed by atoms with Gasteiger partial charge in [-0.25, -0.2) is 0 Å². The molecule has 0 unspecified atom stereocenters. The molecule has 0 atom stereocenters. The highest BCUT2D eigenvalue weighted by atomic mass is 16.3. The third-order valence-electron chi connectivity index (χ3n) is 5.54. The Morgan fingerprint density at radius 1 is 0.647 bits per heavy atom. The highest BCUT2D eigenvalue weighted by Gasteiger charge is 2.07.